The van der Waals surface area contributed by atoms with Crippen LogP contribution in [-0.2, 0) is 11.2 Å². The van der Waals surface area contributed by atoms with Gasteiger partial charge in [-0.05, 0) is 68.5 Å². The maximum Gasteiger partial charge on any atom is 0.271 e. The second-order valence-electron chi connectivity index (χ2n) is 8.86. The zero-order chi connectivity index (χ0) is 23.9. The number of nitrogens with zero attached hydrogens (tertiary/aromatic N) is 3. The van der Waals surface area contributed by atoms with Crippen LogP contribution >= 0.6 is 0 Å². The van der Waals surface area contributed by atoms with Gasteiger partial charge in [-0.15, -0.1) is 5.10 Å². The topological polar surface area (TPSA) is 76.5 Å². The van der Waals surface area contributed by atoms with Crippen molar-refractivity contribution in [2.45, 2.75) is 38.6 Å². The number of methoxy groups -OCH3 is 1. The van der Waals surface area contributed by atoms with E-state index in [9.17, 15) is 9.59 Å². The molecular weight excluding hydrogens is 428 g/mol. The Kier molecular flexibility index (Phi) is 7.62. The summed E-state index contributed by atoms with van der Waals surface area (Å²) in [6, 6.07) is 20.9. The van der Waals surface area contributed by atoms with Crippen molar-refractivity contribution in [3.05, 3.63) is 82.6 Å². The minimum Gasteiger partial charge on any atom is -0.497 e. The van der Waals surface area contributed by atoms with Crippen molar-refractivity contribution in [1.29, 1.82) is 0 Å². The number of hydrogen-bond acceptors (Lipinski definition) is 5. The summed E-state index contributed by atoms with van der Waals surface area (Å²) in [5.41, 5.74) is 1.75. The summed E-state index contributed by atoms with van der Waals surface area (Å²) in [5, 5.41) is 7.79. The van der Waals surface area contributed by atoms with E-state index in [1.54, 1.807) is 37.4 Å². The molecule has 0 unspecified atom stereocenters. The summed E-state index contributed by atoms with van der Waals surface area (Å²) < 4.78 is 6.59. The van der Waals surface area contributed by atoms with Crippen LogP contribution in [0.4, 0.5) is 5.82 Å². The molecule has 1 aliphatic heterocycles. The molecule has 2 heterocycles. The Morgan fingerprint density at radius 1 is 1.12 bits per heavy atom. The molecule has 1 aromatic heterocycles. The first-order valence-corrected chi connectivity index (χ1v) is 11.9. The van der Waals surface area contributed by atoms with E-state index < -0.39 is 0 Å². The van der Waals surface area contributed by atoms with Gasteiger partial charge in [0.1, 0.15) is 11.6 Å². The molecule has 0 radical (unpaired) electrons. The van der Waals surface area contributed by atoms with Crippen LogP contribution in [0.25, 0.3) is 5.69 Å². The molecule has 7 heteroatoms. The lowest BCUT2D eigenvalue weighted by atomic mass is 9.96. The van der Waals surface area contributed by atoms with Crippen molar-refractivity contribution >= 4 is 11.7 Å². The highest BCUT2D eigenvalue weighted by Crippen LogP contribution is 2.22. The van der Waals surface area contributed by atoms with E-state index in [1.165, 1.54) is 16.3 Å². The van der Waals surface area contributed by atoms with Gasteiger partial charge in [0, 0.05) is 25.2 Å². The zero-order valence-corrected chi connectivity index (χ0v) is 19.8. The highest BCUT2D eigenvalue weighted by molar-refractivity contribution is 5.79. The number of aryl methyl sites for hydroxylation is 1. The molecule has 1 fully saturated rings. The van der Waals surface area contributed by atoms with Crippen molar-refractivity contribution < 1.29 is 9.53 Å². The molecule has 0 spiro atoms. The number of piperidine rings is 1. The molecule has 3 aromatic rings. The quantitative estimate of drug-likeness (QED) is 0.556. The molecule has 2 atom stereocenters. The number of carbonyl (C=O) groups is 1. The van der Waals surface area contributed by atoms with Gasteiger partial charge in [0.25, 0.3) is 5.56 Å². The summed E-state index contributed by atoms with van der Waals surface area (Å²) in [5.74, 6) is 1.41. The molecular formula is C27H32N4O3. The molecule has 1 amide bonds. The Bertz CT molecular complexity index is 1140. The SMILES string of the molecule is COc1ccc(-n2nc(N3CCC[C@@H](C(=O)N[C@@H](C)CCc4ccccc4)C3)ccc2=O)cc1. The second kappa shape index (κ2) is 11.0. The average molecular weight is 461 g/mol. The minimum absolute atomic E-state index is 0.0914. The number of carbonyl (C=O) groups excluding carboxylic acids is 1. The Labute approximate surface area is 200 Å². The van der Waals surface area contributed by atoms with Crippen LogP contribution in [0.3, 0.4) is 0 Å². The summed E-state index contributed by atoms with van der Waals surface area (Å²) in [6.07, 6.45) is 3.60. The van der Waals surface area contributed by atoms with Gasteiger partial charge in [0.15, 0.2) is 0 Å². The first kappa shape index (κ1) is 23.5. The largest absolute Gasteiger partial charge is 0.497 e. The van der Waals surface area contributed by atoms with Crippen LogP contribution in [0.5, 0.6) is 5.75 Å². The van der Waals surface area contributed by atoms with Crippen LogP contribution in [0.15, 0.2) is 71.5 Å². The number of rotatable bonds is 8. The molecule has 34 heavy (non-hydrogen) atoms. The molecule has 0 aliphatic carbocycles. The van der Waals surface area contributed by atoms with Crippen molar-refractivity contribution in [2.24, 2.45) is 5.92 Å². The monoisotopic (exact) mass is 460 g/mol. The van der Waals surface area contributed by atoms with Gasteiger partial charge in [-0.25, -0.2) is 0 Å². The van der Waals surface area contributed by atoms with Crippen molar-refractivity contribution in [1.82, 2.24) is 15.1 Å². The molecule has 1 saturated heterocycles. The number of nitrogens with one attached hydrogen (secondary N) is 1. The van der Waals surface area contributed by atoms with E-state index in [1.807, 2.05) is 18.2 Å². The van der Waals surface area contributed by atoms with Crippen LogP contribution in [0.1, 0.15) is 31.7 Å². The fraction of sp³-hybridized carbons (Fsp3) is 0.370. The number of hydrogen-bond donors (Lipinski definition) is 1. The summed E-state index contributed by atoms with van der Waals surface area (Å²) in [7, 11) is 1.60. The third-order valence-corrected chi connectivity index (χ3v) is 6.32. The molecule has 2 aromatic carbocycles. The molecule has 0 bridgehead atoms. The second-order valence-corrected chi connectivity index (χ2v) is 8.86. The van der Waals surface area contributed by atoms with Crippen LogP contribution < -0.4 is 20.5 Å². The van der Waals surface area contributed by atoms with Gasteiger partial charge in [-0.3, -0.25) is 9.59 Å². The molecule has 0 saturated carbocycles. The number of ether oxygens (including phenoxy) is 1. The van der Waals surface area contributed by atoms with Crippen molar-refractivity contribution in [2.75, 3.05) is 25.1 Å². The minimum atomic E-state index is -0.201. The van der Waals surface area contributed by atoms with Gasteiger partial charge in [-0.1, -0.05) is 30.3 Å². The smallest absolute Gasteiger partial charge is 0.271 e. The van der Waals surface area contributed by atoms with Crippen LogP contribution in [0.2, 0.25) is 0 Å². The Morgan fingerprint density at radius 3 is 2.62 bits per heavy atom. The third-order valence-electron chi connectivity index (χ3n) is 6.32. The van der Waals surface area contributed by atoms with Gasteiger partial charge in [0.05, 0.1) is 18.7 Å². The predicted octanol–water partition coefficient (Wildman–Crippen LogP) is 3.60. The normalized spacial score (nSPS) is 16.6. The van der Waals surface area contributed by atoms with E-state index in [-0.39, 0.29) is 23.4 Å². The maximum atomic E-state index is 13.0. The van der Waals surface area contributed by atoms with E-state index in [0.29, 0.717) is 18.1 Å². The Hall–Kier alpha value is -3.61. The molecule has 1 N–H and O–H groups in total. The highest BCUT2D eigenvalue weighted by atomic mass is 16.5. The first-order valence-electron chi connectivity index (χ1n) is 11.9. The summed E-state index contributed by atoms with van der Waals surface area (Å²) in [4.78, 5) is 27.5. The van der Waals surface area contributed by atoms with Gasteiger partial charge >= 0.3 is 0 Å². The van der Waals surface area contributed by atoms with E-state index >= 15 is 0 Å². The Morgan fingerprint density at radius 2 is 1.88 bits per heavy atom. The lowest BCUT2D eigenvalue weighted by Gasteiger charge is -2.33. The molecule has 178 valence electrons. The summed E-state index contributed by atoms with van der Waals surface area (Å²) >= 11 is 0. The van der Waals surface area contributed by atoms with Gasteiger partial charge in [0.2, 0.25) is 5.91 Å². The number of benzene rings is 2. The third kappa shape index (κ3) is 5.84. The fourth-order valence-corrected chi connectivity index (χ4v) is 4.34. The highest BCUT2D eigenvalue weighted by Gasteiger charge is 2.27. The molecule has 7 nitrogen and oxygen atoms in total. The maximum absolute atomic E-state index is 13.0. The fourth-order valence-electron chi connectivity index (χ4n) is 4.34. The van der Waals surface area contributed by atoms with Gasteiger partial charge < -0.3 is 15.0 Å². The predicted molar refractivity (Wildman–Crippen MR) is 134 cm³/mol. The molecule has 1 aliphatic rings. The number of amides is 1. The zero-order valence-electron chi connectivity index (χ0n) is 19.8. The van der Waals surface area contributed by atoms with Crippen LogP contribution in [0, 0.1) is 5.92 Å². The van der Waals surface area contributed by atoms with E-state index in [4.69, 9.17) is 4.74 Å². The standard InChI is InChI=1S/C27H32N4O3/c1-20(10-11-21-7-4-3-5-8-21)28-27(33)22-9-6-18-30(19-22)25-16-17-26(32)31(29-25)23-12-14-24(34-2)15-13-23/h3-5,7-8,12-17,20,22H,6,9-11,18-19H2,1-2H3,(H,28,33)/t20-,22+/m0/s1. The first-order chi connectivity index (χ1) is 16.5. The molecule has 4 rings (SSSR count). The Balaban J connectivity index is 1.39. The lowest BCUT2D eigenvalue weighted by Crippen LogP contribution is -2.46. The van der Waals surface area contributed by atoms with Crippen LogP contribution in [-0.4, -0.2) is 41.9 Å². The number of aromatic nitrogens is 2. The van der Waals surface area contributed by atoms with Gasteiger partial charge in [-0.2, -0.15) is 4.68 Å². The van der Waals surface area contributed by atoms with E-state index in [2.05, 4.69) is 34.4 Å². The van der Waals surface area contributed by atoms with Crippen molar-refractivity contribution in [3.8, 4) is 11.4 Å². The lowest BCUT2D eigenvalue weighted by molar-refractivity contribution is -0.125. The van der Waals surface area contributed by atoms with E-state index in [0.717, 1.165) is 38.0 Å². The summed E-state index contributed by atoms with van der Waals surface area (Å²) in [6.45, 7) is 3.46. The number of anilines is 1. The average Bonchev–Trinajstić information content (AvgIpc) is 2.88. The van der Waals surface area contributed by atoms with Crippen molar-refractivity contribution in [3.63, 3.8) is 0 Å².